The number of urea groups is 1. The number of carbonyl (C=O) groups is 1. The van der Waals surface area contributed by atoms with Crippen molar-refractivity contribution >= 4 is 6.03 Å². The number of rotatable bonds is 5. The molecule has 1 aromatic carbocycles. The van der Waals surface area contributed by atoms with Crippen LogP contribution < -0.4 is 14.8 Å². The zero-order chi connectivity index (χ0) is 16.3. The van der Waals surface area contributed by atoms with Crippen molar-refractivity contribution in [3.63, 3.8) is 0 Å². The molecule has 2 aliphatic rings. The van der Waals surface area contributed by atoms with Gasteiger partial charge in [-0.3, -0.25) is 0 Å². The van der Waals surface area contributed by atoms with Crippen LogP contribution in [0.4, 0.5) is 4.79 Å². The highest BCUT2D eigenvalue weighted by atomic mass is 16.5. The first-order chi connectivity index (χ1) is 11.2. The summed E-state index contributed by atoms with van der Waals surface area (Å²) in [4.78, 5) is 14.3. The largest absolute Gasteiger partial charge is 0.497 e. The molecule has 0 radical (unpaired) electrons. The van der Waals surface area contributed by atoms with E-state index in [0.29, 0.717) is 12.0 Å². The van der Waals surface area contributed by atoms with Crippen molar-refractivity contribution in [3.8, 4) is 11.5 Å². The molecule has 1 N–H and O–H groups in total. The number of carbonyl (C=O) groups excluding carboxylic acids is 1. The molecule has 1 heterocycles. The molecule has 5 nitrogen and oxygen atoms in total. The van der Waals surface area contributed by atoms with Gasteiger partial charge >= 0.3 is 6.03 Å². The summed E-state index contributed by atoms with van der Waals surface area (Å²) >= 11 is 0. The predicted octanol–water partition coefficient (Wildman–Crippen LogP) is 2.83. The molecule has 1 aromatic rings. The van der Waals surface area contributed by atoms with Crippen molar-refractivity contribution in [1.82, 2.24) is 10.2 Å². The fraction of sp³-hybridized carbons (Fsp3) is 0.611. The maximum absolute atomic E-state index is 12.3. The Kier molecular flexibility index (Phi) is 4.64. The van der Waals surface area contributed by atoms with E-state index in [4.69, 9.17) is 9.47 Å². The van der Waals surface area contributed by atoms with Gasteiger partial charge in [0, 0.05) is 25.7 Å². The number of ether oxygens (including phenoxy) is 2. The summed E-state index contributed by atoms with van der Waals surface area (Å²) < 4.78 is 10.6. The normalized spacial score (nSPS) is 18.6. The molecular formula is C18H26N2O3. The summed E-state index contributed by atoms with van der Waals surface area (Å²) in [7, 11) is 3.29. The quantitative estimate of drug-likeness (QED) is 0.908. The molecule has 2 fully saturated rings. The van der Waals surface area contributed by atoms with Crippen LogP contribution in [0.5, 0.6) is 11.5 Å². The van der Waals surface area contributed by atoms with Gasteiger partial charge in [-0.05, 0) is 42.7 Å². The monoisotopic (exact) mass is 318 g/mol. The second kappa shape index (κ2) is 6.69. The van der Waals surface area contributed by atoms with Gasteiger partial charge in [0.25, 0.3) is 0 Å². The minimum Gasteiger partial charge on any atom is -0.497 e. The van der Waals surface area contributed by atoms with Gasteiger partial charge in [-0.1, -0.05) is 12.5 Å². The van der Waals surface area contributed by atoms with Gasteiger partial charge in [0.2, 0.25) is 0 Å². The van der Waals surface area contributed by atoms with Crippen LogP contribution in [0.1, 0.15) is 31.2 Å². The smallest absolute Gasteiger partial charge is 0.317 e. The van der Waals surface area contributed by atoms with E-state index in [0.717, 1.165) is 36.6 Å². The van der Waals surface area contributed by atoms with Crippen LogP contribution in [0.3, 0.4) is 0 Å². The van der Waals surface area contributed by atoms with E-state index in [1.54, 1.807) is 14.2 Å². The van der Waals surface area contributed by atoms with Gasteiger partial charge in [0.1, 0.15) is 11.5 Å². The highest BCUT2D eigenvalue weighted by Gasteiger charge is 2.43. The van der Waals surface area contributed by atoms with Gasteiger partial charge in [-0.2, -0.15) is 0 Å². The lowest BCUT2D eigenvalue weighted by atomic mass is 9.68. The number of benzene rings is 1. The van der Waals surface area contributed by atoms with E-state index in [2.05, 4.69) is 5.32 Å². The Balaban J connectivity index is 1.48. The van der Waals surface area contributed by atoms with E-state index in [1.807, 2.05) is 23.1 Å². The zero-order valence-corrected chi connectivity index (χ0v) is 14.1. The summed E-state index contributed by atoms with van der Waals surface area (Å²) in [6.07, 6.45) is 5.83. The lowest BCUT2D eigenvalue weighted by molar-refractivity contribution is 0.141. The molecule has 1 aliphatic heterocycles. The molecule has 23 heavy (non-hydrogen) atoms. The SMILES string of the molecule is COc1ccc(CCNC(=O)N2CCC3(CCC3)C2)c(OC)c1. The lowest BCUT2D eigenvalue weighted by Gasteiger charge is -2.37. The van der Waals surface area contributed by atoms with E-state index < -0.39 is 0 Å². The fourth-order valence-corrected chi connectivity index (χ4v) is 3.67. The molecule has 3 rings (SSSR count). The van der Waals surface area contributed by atoms with Crippen LogP contribution in [-0.4, -0.2) is 44.8 Å². The molecule has 1 spiro atoms. The molecule has 1 saturated carbocycles. The van der Waals surface area contributed by atoms with Crippen molar-refractivity contribution in [2.75, 3.05) is 33.9 Å². The van der Waals surface area contributed by atoms with E-state index >= 15 is 0 Å². The minimum absolute atomic E-state index is 0.0706. The van der Waals surface area contributed by atoms with Crippen molar-refractivity contribution in [1.29, 1.82) is 0 Å². The molecule has 1 aliphatic carbocycles. The Bertz CT molecular complexity index is 569. The zero-order valence-electron chi connectivity index (χ0n) is 14.1. The molecule has 5 heteroatoms. The lowest BCUT2D eigenvalue weighted by Crippen LogP contribution is -2.41. The third-order valence-corrected chi connectivity index (χ3v) is 5.30. The van der Waals surface area contributed by atoms with Gasteiger partial charge in [0.05, 0.1) is 14.2 Å². The first-order valence-corrected chi connectivity index (χ1v) is 8.39. The minimum atomic E-state index is 0.0706. The predicted molar refractivity (Wildman–Crippen MR) is 89.1 cm³/mol. The van der Waals surface area contributed by atoms with Gasteiger partial charge < -0.3 is 19.7 Å². The van der Waals surface area contributed by atoms with E-state index in [9.17, 15) is 4.79 Å². The Morgan fingerprint density at radius 2 is 2.09 bits per heavy atom. The van der Waals surface area contributed by atoms with Gasteiger partial charge in [-0.25, -0.2) is 4.79 Å². The molecule has 126 valence electrons. The Morgan fingerprint density at radius 1 is 1.26 bits per heavy atom. The number of hydrogen-bond donors (Lipinski definition) is 1. The standard InChI is InChI=1S/C18H26N2O3/c1-22-15-5-4-14(16(12-15)23-2)6-10-19-17(21)20-11-9-18(13-20)7-3-8-18/h4-5,12H,3,6-11,13H2,1-2H3,(H,19,21). The number of likely N-dealkylation sites (tertiary alicyclic amines) is 1. The van der Waals surface area contributed by atoms with Crippen LogP contribution in [-0.2, 0) is 6.42 Å². The van der Waals surface area contributed by atoms with E-state index in [1.165, 1.54) is 25.7 Å². The maximum atomic E-state index is 12.3. The second-order valence-electron chi connectivity index (χ2n) is 6.68. The first kappa shape index (κ1) is 16.0. The molecule has 1 saturated heterocycles. The van der Waals surface area contributed by atoms with Crippen molar-refractivity contribution in [2.24, 2.45) is 5.41 Å². The number of hydrogen-bond acceptors (Lipinski definition) is 3. The van der Waals surface area contributed by atoms with Crippen molar-refractivity contribution in [3.05, 3.63) is 23.8 Å². The van der Waals surface area contributed by atoms with Gasteiger partial charge in [0.15, 0.2) is 0 Å². The maximum Gasteiger partial charge on any atom is 0.317 e. The van der Waals surface area contributed by atoms with Crippen LogP contribution in [0, 0.1) is 5.41 Å². The molecule has 0 bridgehead atoms. The molecule has 2 amide bonds. The number of methoxy groups -OCH3 is 2. The molecule has 0 atom stereocenters. The van der Waals surface area contributed by atoms with Crippen molar-refractivity contribution < 1.29 is 14.3 Å². The van der Waals surface area contributed by atoms with Crippen LogP contribution in [0.2, 0.25) is 0 Å². The van der Waals surface area contributed by atoms with Crippen molar-refractivity contribution in [2.45, 2.75) is 32.1 Å². The molecular weight excluding hydrogens is 292 g/mol. The summed E-state index contributed by atoms with van der Waals surface area (Å²) in [6.45, 7) is 2.45. The average molecular weight is 318 g/mol. The number of nitrogens with one attached hydrogen (secondary N) is 1. The second-order valence-corrected chi connectivity index (χ2v) is 6.68. The van der Waals surface area contributed by atoms with Crippen LogP contribution >= 0.6 is 0 Å². The highest BCUT2D eigenvalue weighted by molar-refractivity contribution is 5.74. The number of amides is 2. The van der Waals surface area contributed by atoms with Crippen LogP contribution in [0.25, 0.3) is 0 Å². The summed E-state index contributed by atoms with van der Waals surface area (Å²) in [5.74, 6) is 1.57. The Morgan fingerprint density at radius 3 is 2.70 bits per heavy atom. The van der Waals surface area contributed by atoms with Crippen LogP contribution in [0.15, 0.2) is 18.2 Å². The molecule has 0 aromatic heterocycles. The third-order valence-electron chi connectivity index (χ3n) is 5.30. The highest BCUT2D eigenvalue weighted by Crippen LogP contribution is 2.47. The van der Waals surface area contributed by atoms with E-state index in [-0.39, 0.29) is 6.03 Å². The Labute approximate surface area is 137 Å². The Hall–Kier alpha value is -1.91. The fourth-order valence-electron chi connectivity index (χ4n) is 3.67. The first-order valence-electron chi connectivity index (χ1n) is 8.39. The summed E-state index contributed by atoms with van der Waals surface area (Å²) in [5.41, 5.74) is 1.53. The van der Waals surface area contributed by atoms with Gasteiger partial charge in [-0.15, -0.1) is 0 Å². The number of nitrogens with zero attached hydrogens (tertiary/aromatic N) is 1. The summed E-state index contributed by atoms with van der Waals surface area (Å²) in [6, 6.07) is 5.85. The topological polar surface area (TPSA) is 50.8 Å². The third kappa shape index (κ3) is 3.38. The summed E-state index contributed by atoms with van der Waals surface area (Å²) in [5, 5.41) is 3.04. The average Bonchev–Trinajstić information content (AvgIpc) is 3.01. The molecule has 0 unspecified atom stereocenters.